The highest BCUT2D eigenvalue weighted by Crippen LogP contribution is 2.32. The number of benzene rings is 1. The summed E-state index contributed by atoms with van der Waals surface area (Å²) in [6.07, 6.45) is 2.90. The standard InChI is InChI=1S/C18H23N3O2/c1-4-12(3)15(19-17(22)13-8-9-13)18-20-16(21-23-18)14-7-5-6-11(2)10-14/h5-7,10,12-13,15H,4,8-9H2,1-3H3,(H,19,22)/t12-,15+/m0/s1. The predicted octanol–water partition coefficient (Wildman–Crippen LogP) is 3.66. The van der Waals surface area contributed by atoms with E-state index in [1.807, 2.05) is 31.2 Å². The molecule has 2 atom stereocenters. The number of aryl methyl sites for hydroxylation is 1. The van der Waals surface area contributed by atoms with Gasteiger partial charge in [0, 0.05) is 11.5 Å². The van der Waals surface area contributed by atoms with Crippen molar-refractivity contribution in [2.75, 3.05) is 0 Å². The van der Waals surface area contributed by atoms with Gasteiger partial charge in [0.25, 0.3) is 0 Å². The van der Waals surface area contributed by atoms with Crippen LogP contribution in [0.4, 0.5) is 0 Å². The molecular weight excluding hydrogens is 290 g/mol. The number of hydrogen-bond donors (Lipinski definition) is 1. The highest BCUT2D eigenvalue weighted by molar-refractivity contribution is 5.81. The van der Waals surface area contributed by atoms with E-state index >= 15 is 0 Å². The van der Waals surface area contributed by atoms with E-state index < -0.39 is 0 Å². The first-order chi connectivity index (χ1) is 11.1. The third-order valence-corrected chi connectivity index (χ3v) is 4.44. The van der Waals surface area contributed by atoms with Crippen molar-refractivity contribution >= 4 is 5.91 Å². The van der Waals surface area contributed by atoms with Crippen molar-refractivity contribution in [1.29, 1.82) is 0 Å². The van der Waals surface area contributed by atoms with Crippen LogP contribution in [0.2, 0.25) is 0 Å². The molecule has 1 aliphatic rings. The Morgan fingerprint density at radius 2 is 2.22 bits per heavy atom. The Hall–Kier alpha value is -2.17. The van der Waals surface area contributed by atoms with Crippen molar-refractivity contribution < 1.29 is 9.32 Å². The van der Waals surface area contributed by atoms with Crippen molar-refractivity contribution in [1.82, 2.24) is 15.5 Å². The lowest BCUT2D eigenvalue weighted by atomic mass is 9.98. The molecule has 5 heteroatoms. The van der Waals surface area contributed by atoms with E-state index in [9.17, 15) is 4.79 Å². The highest BCUT2D eigenvalue weighted by atomic mass is 16.5. The van der Waals surface area contributed by atoms with Gasteiger partial charge in [0.2, 0.25) is 17.6 Å². The van der Waals surface area contributed by atoms with Crippen molar-refractivity contribution in [2.45, 2.75) is 46.1 Å². The lowest BCUT2D eigenvalue weighted by molar-refractivity contribution is -0.123. The molecule has 0 bridgehead atoms. The Balaban J connectivity index is 1.83. The van der Waals surface area contributed by atoms with Gasteiger partial charge in [-0.25, -0.2) is 0 Å². The molecule has 1 amide bonds. The fourth-order valence-corrected chi connectivity index (χ4v) is 2.56. The van der Waals surface area contributed by atoms with E-state index in [-0.39, 0.29) is 23.8 Å². The number of aromatic nitrogens is 2. The monoisotopic (exact) mass is 313 g/mol. The zero-order valence-electron chi connectivity index (χ0n) is 13.9. The molecule has 5 nitrogen and oxygen atoms in total. The summed E-state index contributed by atoms with van der Waals surface area (Å²) in [5.41, 5.74) is 2.07. The van der Waals surface area contributed by atoms with Crippen LogP contribution in [0.5, 0.6) is 0 Å². The average Bonchev–Trinajstić information content (AvgIpc) is 3.29. The maximum Gasteiger partial charge on any atom is 0.249 e. The third-order valence-electron chi connectivity index (χ3n) is 4.44. The smallest absolute Gasteiger partial charge is 0.249 e. The number of nitrogens with one attached hydrogen (secondary N) is 1. The molecule has 1 heterocycles. The first kappa shape index (κ1) is 15.7. The Morgan fingerprint density at radius 3 is 2.87 bits per heavy atom. The third kappa shape index (κ3) is 3.60. The van der Waals surface area contributed by atoms with Crippen LogP contribution < -0.4 is 5.32 Å². The van der Waals surface area contributed by atoms with E-state index in [0.29, 0.717) is 11.7 Å². The summed E-state index contributed by atoms with van der Waals surface area (Å²) in [4.78, 5) is 16.7. The van der Waals surface area contributed by atoms with Gasteiger partial charge in [-0.3, -0.25) is 4.79 Å². The van der Waals surface area contributed by atoms with Gasteiger partial charge >= 0.3 is 0 Å². The number of carbonyl (C=O) groups is 1. The summed E-state index contributed by atoms with van der Waals surface area (Å²) in [5, 5.41) is 7.18. The van der Waals surface area contributed by atoms with Crippen LogP contribution in [-0.2, 0) is 4.79 Å². The summed E-state index contributed by atoms with van der Waals surface area (Å²) in [7, 11) is 0. The first-order valence-electron chi connectivity index (χ1n) is 8.29. The summed E-state index contributed by atoms with van der Waals surface area (Å²) >= 11 is 0. The second-order valence-electron chi connectivity index (χ2n) is 6.47. The van der Waals surface area contributed by atoms with Gasteiger partial charge in [-0.2, -0.15) is 4.98 Å². The molecule has 23 heavy (non-hydrogen) atoms. The molecule has 1 aromatic heterocycles. The number of amides is 1. The van der Waals surface area contributed by atoms with Gasteiger partial charge in [0.1, 0.15) is 6.04 Å². The fraction of sp³-hybridized carbons (Fsp3) is 0.500. The molecule has 122 valence electrons. The molecule has 0 saturated heterocycles. The van der Waals surface area contributed by atoms with Gasteiger partial charge in [-0.05, 0) is 31.7 Å². The molecule has 0 spiro atoms. The number of rotatable bonds is 6. The molecule has 0 radical (unpaired) electrons. The lowest BCUT2D eigenvalue weighted by Gasteiger charge is -2.20. The topological polar surface area (TPSA) is 68.0 Å². The van der Waals surface area contributed by atoms with E-state index in [2.05, 4.69) is 29.3 Å². The molecule has 1 fully saturated rings. The summed E-state index contributed by atoms with van der Waals surface area (Å²) in [6.45, 7) is 6.22. The van der Waals surface area contributed by atoms with Gasteiger partial charge in [0.05, 0.1) is 0 Å². The largest absolute Gasteiger partial charge is 0.344 e. The second kappa shape index (κ2) is 6.52. The molecule has 1 aliphatic carbocycles. The maximum absolute atomic E-state index is 12.1. The molecule has 0 unspecified atom stereocenters. The maximum atomic E-state index is 12.1. The predicted molar refractivity (Wildman–Crippen MR) is 87.5 cm³/mol. The molecule has 1 saturated carbocycles. The van der Waals surface area contributed by atoms with E-state index in [0.717, 1.165) is 30.4 Å². The molecule has 0 aliphatic heterocycles. The van der Waals surface area contributed by atoms with Crippen LogP contribution in [0.25, 0.3) is 11.4 Å². The van der Waals surface area contributed by atoms with E-state index in [4.69, 9.17) is 4.52 Å². The summed E-state index contributed by atoms with van der Waals surface area (Å²) < 4.78 is 5.47. The van der Waals surface area contributed by atoms with Crippen LogP contribution >= 0.6 is 0 Å². The van der Waals surface area contributed by atoms with Crippen LogP contribution in [0.3, 0.4) is 0 Å². The molecule has 1 aromatic carbocycles. The Kier molecular flexibility index (Phi) is 4.46. The van der Waals surface area contributed by atoms with Crippen molar-refractivity contribution in [3.63, 3.8) is 0 Å². The Morgan fingerprint density at radius 1 is 1.43 bits per heavy atom. The zero-order chi connectivity index (χ0) is 16.4. The van der Waals surface area contributed by atoms with Crippen LogP contribution in [-0.4, -0.2) is 16.0 Å². The lowest BCUT2D eigenvalue weighted by Crippen LogP contribution is -2.33. The van der Waals surface area contributed by atoms with E-state index in [1.54, 1.807) is 0 Å². The minimum absolute atomic E-state index is 0.102. The minimum Gasteiger partial charge on any atom is -0.344 e. The van der Waals surface area contributed by atoms with E-state index in [1.165, 1.54) is 0 Å². The van der Waals surface area contributed by atoms with Gasteiger partial charge in [-0.1, -0.05) is 49.2 Å². The SMILES string of the molecule is CC[C@H](C)[C@@H](NC(=O)C1CC1)c1nc(-c2cccc(C)c2)no1. The quantitative estimate of drug-likeness (QED) is 0.883. The minimum atomic E-state index is -0.223. The molecule has 1 N–H and O–H groups in total. The Labute approximate surface area is 136 Å². The summed E-state index contributed by atoms with van der Waals surface area (Å²) in [5.74, 6) is 1.57. The number of hydrogen-bond acceptors (Lipinski definition) is 4. The molecule has 2 aromatic rings. The number of nitrogens with zero attached hydrogens (tertiary/aromatic N) is 2. The number of carbonyl (C=O) groups excluding carboxylic acids is 1. The van der Waals surface area contributed by atoms with Crippen LogP contribution in [0.15, 0.2) is 28.8 Å². The Bertz CT molecular complexity index is 691. The van der Waals surface area contributed by atoms with Crippen LogP contribution in [0, 0.1) is 18.8 Å². The second-order valence-corrected chi connectivity index (χ2v) is 6.47. The van der Waals surface area contributed by atoms with Gasteiger partial charge in [-0.15, -0.1) is 0 Å². The molecule has 3 rings (SSSR count). The van der Waals surface area contributed by atoms with Crippen molar-refractivity contribution in [3.05, 3.63) is 35.7 Å². The van der Waals surface area contributed by atoms with Gasteiger partial charge < -0.3 is 9.84 Å². The fourth-order valence-electron chi connectivity index (χ4n) is 2.56. The van der Waals surface area contributed by atoms with Crippen molar-refractivity contribution in [2.24, 2.45) is 11.8 Å². The zero-order valence-corrected chi connectivity index (χ0v) is 13.9. The normalized spacial score (nSPS) is 16.8. The highest BCUT2D eigenvalue weighted by Gasteiger charge is 2.34. The molecular formula is C18H23N3O2. The first-order valence-corrected chi connectivity index (χ1v) is 8.29. The van der Waals surface area contributed by atoms with Gasteiger partial charge in [0.15, 0.2) is 0 Å². The van der Waals surface area contributed by atoms with Crippen molar-refractivity contribution in [3.8, 4) is 11.4 Å². The summed E-state index contributed by atoms with van der Waals surface area (Å²) in [6, 6.07) is 7.77. The van der Waals surface area contributed by atoms with Crippen LogP contribution in [0.1, 0.15) is 50.6 Å². The average molecular weight is 313 g/mol.